The molecule has 0 aromatic heterocycles. The van der Waals surface area contributed by atoms with Crippen molar-refractivity contribution in [1.29, 1.82) is 0 Å². The molecule has 0 aliphatic carbocycles. The Kier molecular flexibility index (Phi) is 4.82. The van der Waals surface area contributed by atoms with Crippen LogP contribution in [0.3, 0.4) is 0 Å². The number of alkyl halides is 2. The van der Waals surface area contributed by atoms with E-state index in [1.54, 1.807) is 0 Å². The molecular weight excluding hydrogens is 201 g/mol. The van der Waals surface area contributed by atoms with E-state index in [2.05, 4.69) is 16.8 Å². The van der Waals surface area contributed by atoms with Crippen molar-refractivity contribution in [2.75, 3.05) is 12.0 Å². The van der Waals surface area contributed by atoms with Gasteiger partial charge in [0.05, 0.1) is 0 Å². The molecule has 0 N–H and O–H groups in total. The van der Waals surface area contributed by atoms with E-state index in [9.17, 15) is 0 Å². The van der Waals surface area contributed by atoms with Crippen molar-refractivity contribution in [1.82, 2.24) is 0 Å². The van der Waals surface area contributed by atoms with E-state index in [0.717, 1.165) is 3.92 Å². The molecule has 0 aliphatic rings. The summed E-state index contributed by atoms with van der Waals surface area (Å²) in [6.07, 6.45) is 2.02. The maximum atomic E-state index is 3.91. The normalized spacial score (nSPS) is 15.9. The van der Waals surface area contributed by atoms with Gasteiger partial charge in [0.2, 0.25) is 0 Å². The number of aliphatic imine (C=N–C) groups is 1. The Labute approximate surface area is 55.5 Å². The molecule has 0 radical (unpaired) electrons. The van der Waals surface area contributed by atoms with Gasteiger partial charge in [0.25, 0.3) is 0 Å². The average Bonchev–Trinajstić information content (AvgIpc) is 1.68. The van der Waals surface area contributed by atoms with E-state index < -0.39 is 0 Å². The van der Waals surface area contributed by atoms with Crippen LogP contribution in [-0.2, 0) is 0 Å². The standard InChI is InChI=1S/C5H11IN/c1-5(6-2)4-7-3/h4-5H,1-3H3/q-1. The summed E-state index contributed by atoms with van der Waals surface area (Å²) in [7, 11) is 1.83. The van der Waals surface area contributed by atoms with Gasteiger partial charge in [0, 0.05) is 0 Å². The quantitative estimate of drug-likeness (QED) is 0.280. The molecule has 0 amide bonds. The molecule has 0 aliphatic heterocycles. The van der Waals surface area contributed by atoms with E-state index in [1.165, 1.54) is 0 Å². The van der Waals surface area contributed by atoms with Crippen LogP contribution in [0.2, 0.25) is 0 Å². The van der Waals surface area contributed by atoms with Crippen LogP contribution >= 0.6 is 0 Å². The zero-order valence-electron chi connectivity index (χ0n) is 4.98. The molecule has 1 atom stereocenters. The maximum absolute atomic E-state index is 3.91. The van der Waals surface area contributed by atoms with Gasteiger partial charge in [-0.15, -0.1) is 0 Å². The van der Waals surface area contributed by atoms with Crippen molar-refractivity contribution in [2.45, 2.75) is 10.8 Å². The van der Waals surface area contributed by atoms with E-state index in [0.29, 0.717) is 21.2 Å². The fourth-order valence-corrected chi connectivity index (χ4v) is 0.905. The Morgan fingerprint density at radius 3 is 2.43 bits per heavy atom. The first-order valence-corrected chi connectivity index (χ1v) is 5.62. The van der Waals surface area contributed by atoms with Gasteiger partial charge in [-0.05, 0) is 0 Å². The predicted octanol–water partition coefficient (Wildman–Crippen LogP) is -2.21. The first-order chi connectivity index (χ1) is 3.31. The van der Waals surface area contributed by atoms with Crippen LogP contribution in [0.25, 0.3) is 0 Å². The molecular formula is C5H11IN-. The summed E-state index contributed by atoms with van der Waals surface area (Å²) in [4.78, 5) is 6.18. The summed E-state index contributed by atoms with van der Waals surface area (Å²) < 4.78 is 0.767. The molecule has 0 aromatic carbocycles. The van der Waals surface area contributed by atoms with Crippen LogP contribution in [0.15, 0.2) is 4.99 Å². The topological polar surface area (TPSA) is 12.4 Å². The molecule has 0 bridgehead atoms. The van der Waals surface area contributed by atoms with Gasteiger partial charge < -0.3 is 0 Å². The van der Waals surface area contributed by atoms with Crippen molar-refractivity contribution in [3.05, 3.63) is 0 Å². The van der Waals surface area contributed by atoms with E-state index in [4.69, 9.17) is 0 Å². The molecule has 0 heterocycles. The average molecular weight is 212 g/mol. The molecule has 1 nitrogen and oxygen atoms in total. The molecule has 0 spiro atoms. The first-order valence-electron chi connectivity index (χ1n) is 2.21. The third-order valence-electron chi connectivity index (χ3n) is 0.699. The third-order valence-corrected chi connectivity index (χ3v) is 2.99. The van der Waals surface area contributed by atoms with Gasteiger partial charge in [-0.25, -0.2) is 0 Å². The SMILES string of the molecule is CN=CC(C)[I-]C. The fourth-order valence-electron chi connectivity index (χ4n) is 0.262. The monoisotopic (exact) mass is 212 g/mol. The molecule has 0 saturated heterocycles. The molecule has 2 heteroatoms. The van der Waals surface area contributed by atoms with Crippen molar-refractivity contribution < 1.29 is 21.2 Å². The number of hydrogen-bond donors (Lipinski definition) is 0. The summed E-state index contributed by atoms with van der Waals surface area (Å²) in [5.41, 5.74) is 0. The first kappa shape index (κ1) is 7.40. The van der Waals surface area contributed by atoms with Crippen LogP contribution in [-0.4, -0.2) is 22.1 Å². The van der Waals surface area contributed by atoms with E-state index in [-0.39, 0.29) is 0 Å². The van der Waals surface area contributed by atoms with Crippen LogP contribution in [0.5, 0.6) is 0 Å². The Bertz CT molecular complexity index is 61.1. The summed E-state index contributed by atoms with van der Waals surface area (Å²) in [5, 5.41) is 0. The molecule has 0 rings (SSSR count). The predicted molar refractivity (Wildman–Crippen MR) is 29.8 cm³/mol. The van der Waals surface area contributed by atoms with Gasteiger partial charge in [0.15, 0.2) is 0 Å². The van der Waals surface area contributed by atoms with Gasteiger partial charge in [-0.2, -0.15) is 0 Å². The van der Waals surface area contributed by atoms with Crippen LogP contribution < -0.4 is 21.2 Å². The van der Waals surface area contributed by atoms with Crippen LogP contribution in [0, 0.1) is 0 Å². The Hall–Kier alpha value is 0.400. The number of rotatable bonds is 2. The second-order valence-electron chi connectivity index (χ2n) is 1.30. The van der Waals surface area contributed by atoms with Crippen LogP contribution in [0.1, 0.15) is 6.92 Å². The van der Waals surface area contributed by atoms with Crippen molar-refractivity contribution >= 4 is 6.21 Å². The zero-order valence-corrected chi connectivity index (χ0v) is 7.14. The number of halogens is 1. The third kappa shape index (κ3) is 4.25. The molecule has 0 fully saturated rings. The summed E-state index contributed by atoms with van der Waals surface area (Å²) in [6.45, 7) is 2.21. The second-order valence-corrected chi connectivity index (χ2v) is 4.51. The minimum atomic E-state index is 0.389. The van der Waals surface area contributed by atoms with Crippen molar-refractivity contribution in [2.24, 2.45) is 4.99 Å². The Morgan fingerprint density at radius 1 is 1.71 bits per heavy atom. The second kappa shape index (κ2) is 4.56. The zero-order chi connectivity index (χ0) is 5.70. The molecule has 0 saturated carbocycles. The molecule has 7 heavy (non-hydrogen) atoms. The number of hydrogen-bond acceptors (Lipinski definition) is 1. The molecule has 1 unspecified atom stereocenters. The summed E-state index contributed by atoms with van der Waals surface area (Å²) in [5.74, 6) is 0. The van der Waals surface area contributed by atoms with E-state index in [1.807, 2.05) is 13.3 Å². The Morgan fingerprint density at radius 2 is 2.29 bits per heavy atom. The van der Waals surface area contributed by atoms with Gasteiger partial charge in [0.1, 0.15) is 0 Å². The number of nitrogens with zero attached hydrogens (tertiary/aromatic N) is 1. The summed E-state index contributed by atoms with van der Waals surface area (Å²) in [6, 6.07) is 0. The van der Waals surface area contributed by atoms with Gasteiger partial charge >= 0.3 is 55.2 Å². The van der Waals surface area contributed by atoms with Gasteiger partial charge in [-0.3, -0.25) is 0 Å². The molecule has 44 valence electrons. The molecule has 0 aromatic rings. The van der Waals surface area contributed by atoms with E-state index >= 15 is 0 Å². The van der Waals surface area contributed by atoms with Crippen LogP contribution in [0.4, 0.5) is 0 Å². The van der Waals surface area contributed by atoms with Crippen molar-refractivity contribution in [3.8, 4) is 0 Å². The Balaban J connectivity index is 3.16. The van der Waals surface area contributed by atoms with Gasteiger partial charge in [-0.1, -0.05) is 0 Å². The fraction of sp³-hybridized carbons (Fsp3) is 0.800. The van der Waals surface area contributed by atoms with Crippen molar-refractivity contribution in [3.63, 3.8) is 0 Å². The summed E-state index contributed by atoms with van der Waals surface area (Å²) >= 11 is 0.389. The minimum absolute atomic E-state index is 0.389.